The largest absolute Gasteiger partial charge is 0.475 e. The summed E-state index contributed by atoms with van der Waals surface area (Å²) in [5.74, 6) is -2.14. The van der Waals surface area contributed by atoms with Crippen molar-refractivity contribution < 1.29 is 14.7 Å². The molecule has 74 valence electrons. The Morgan fingerprint density at radius 3 is 2.07 bits per heavy atom. The number of ketones is 1. The van der Waals surface area contributed by atoms with Gasteiger partial charge in [-0.2, -0.15) is 0 Å². The van der Waals surface area contributed by atoms with E-state index in [1.54, 1.807) is 0 Å². The van der Waals surface area contributed by atoms with Gasteiger partial charge >= 0.3 is 5.97 Å². The number of rotatable bonds is 3. The minimum Gasteiger partial charge on any atom is -0.475 e. The Hall–Kier alpha value is -1.64. The van der Waals surface area contributed by atoms with Crippen molar-refractivity contribution in [1.29, 1.82) is 0 Å². The summed E-state index contributed by atoms with van der Waals surface area (Å²) in [6, 6.07) is 5.64. The van der Waals surface area contributed by atoms with Crippen molar-refractivity contribution in [2.45, 2.75) is 20.3 Å². The number of hydrogen-bond acceptors (Lipinski definition) is 2. The van der Waals surface area contributed by atoms with Gasteiger partial charge in [0.25, 0.3) is 0 Å². The summed E-state index contributed by atoms with van der Waals surface area (Å²) in [6.07, 6.45) is -0.0299. The lowest BCUT2D eigenvalue weighted by Crippen LogP contribution is -2.15. The minimum atomic E-state index is -1.37. The first-order chi connectivity index (χ1) is 6.49. The number of carbonyl (C=O) groups is 2. The lowest BCUT2D eigenvalue weighted by Gasteiger charge is -2.02. The second-order valence-electron chi connectivity index (χ2n) is 3.40. The number of carboxylic acids is 1. The predicted molar refractivity (Wildman–Crippen MR) is 52.3 cm³/mol. The van der Waals surface area contributed by atoms with Crippen LogP contribution in [0.1, 0.15) is 16.7 Å². The molecule has 14 heavy (non-hydrogen) atoms. The summed E-state index contributed by atoms with van der Waals surface area (Å²) in [7, 11) is 0. The molecule has 3 heteroatoms. The normalized spacial score (nSPS) is 9.86. The Morgan fingerprint density at radius 1 is 1.14 bits per heavy atom. The summed E-state index contributed by atoms with van der Waals surface area (Å²) >= 11 is 0. The average molecular weight is 192 g/mol. The van der Waals surface area contributed by atoms with E-state index in [2.05, 4.69) is 0 Å². The summed E-state index contributed by atoms with van der Waals surface area (Å²) in [4.78, 5) is 21.3. The SMILES string of the molecule is Cc1cc(C)cc(CC(=O)C(=O)O)c1. The van der Waals surface area contributed by atoms with E-state index in [1.807, 2.05) is 32.0 Å². The van der Waals surface area contributed by atoms with Crippen molar-refractivity contribution in [3.8, 4) is 0 Å². The van der Waals surface area contributed by atoms with Gasteiger partial charge in [-0.25, -0.2) is 4.79 Å². The maximum atomic E-state index is 10.9. The summed E-state index contributed by atoms with van der Waals surface area (Å²) < 4.78 is 0. The number of carboxylic acid groups (broad SMARTS) is 1. The highest BCUT2D eigenvalue weighted by Gasteiger charge is 2.12. The zero-order chi connectivity index (χ0) is 10.7. The quantitative estimate of drug-likeness (QED) is 0.738. The molecule has 1 aromatic carbocycles. The van der Waals surface area contributed by atoms with E-state index in [9.17, 15) is 9.59 Å². The standard InChI is InChI=1S/C11H12O3/c1-7-3-8(2)5-9(4-7)6-10(12)11(13)14/h3-5H,6H2,1-2H3,(H,13,14). The third-order valence-electron chi connectivity index (χ3n) is 1.88. The van der Waals surface area contributed by atoms with Crippen molar-refractivity contribution in [1.82, 2.24) is 0 Å². The zero-order valence-electron chi connectivity index (χ0n) is 8.20. The molecule has 0 saturated carbocycles. The highest BCUT2D eigenvalue weighted by Crippen LogP contribution is 2.09. The van der Waals surface area contributed by atoms with Crippen LogP contribution in [0.15, 0.2) is 18.2 Å². The molecule has 0 unspecified atom stereocenters. The fourth-order valence-electron chi connectivity index (χ4n) is 1.43. The van der Waals surface area contributed by atoms with E-state index >= 15 is 0 Å². The second kappa shape index (κ2) is 4.05. The molecular weight excluding hydrogens is 180 g/mol. The molecule has 0 saturated heterocycles. The molecule has 3 nitrogen and oxygen atoms in total. The van der Waals surface area contributed by atoms with E-state index in [0.29, 0.717) is 0 Å². The molecule has 0 aliphatic carbocycles. The van der Waals surface area contributed by atoms with Gasteiger partial charge in [0.2, 0.25) is 5.78 Å². The number of aliphatic carboxylic acids is 1. The molecule has 1 aromatic rings. The third-order valence-corrected chi connectivity index (χ3v) is 1.88. The van der Waals surface area contributed by atoms with Gasteiger partial charge in [-0.15, -0.1) is 0 Å². The van der Waals surface area contributed by atoms with Crippen molar-refractivity contribution in [2.75, 3.05) is 0 Å². The molecule has 1 rings (SSSR count). The molecule has 0 spiro atoms. The van der Waals surface area contributed by atoms with E-state index in [1.165, 1.54) is 0 Å². The van der Waals surface area contributed by atoms with Crippen LogP contribution in [0.2, 0.25) is 0 Å². The second-order valence-corrected chi connectivity index (χ2v) is 3.40. The topological polar surface area (TPSA) is 54.4 Å². The monoisotopic (exact) mass is 192 g/mol. The maximum Gasteiger partial charge on any atom is 0.372 e. The number of carbonyl (C=O) groups excluding carboxylic acids is 1. The molecule has 0 bridgehead atoms. The number of hydrogen-bond donors (Lipinski definition) is 1. The molecule has 0 heterocycles. The van der Waals surface area contributed by atoms with Crippen LogP contribution >= 0.6 is 0 Å². The van der Waals surface area contributed by atoms with Gasteiger partial charge < -0.3 is 5.11 Å². The van der Waals surface area contributed by atoms with E-state index in [-0.39, 0.29) is 6.42 Å². The summed E-state index contributed by atoms with van der Waals surface area (Å²) in [5, 5.41) is 8.43. The van der Waals surface area contributed by atoms with Crippen LogP contribution in [0.3, 0.4) is 0 Å². The maximum absolute atomic E-state index is 10.9. The Balaban J connectivity index is 2.87. The van der Waals surface area contributed by atoms with Gasteiger partial charge in [0.05, 0.1) is 0 Å². The van der Waals surface area contributed by atoms with Crippen LogP contribution in [0, 0.1) is 13.8 Å². The van der Waals surface area contributed by atoms with Crippen LogP contribution < -0.4 is 0 Å². The molecule has 0 aromatic heterocycles. The number of aryl methyl sites for hydroxylation is 2. The molecule has 0 atom stereocenters. The number of benzene rings is 1. The molecule has 0 aliphatic heterocycles. The van der Waals surface area contributed by atoms with Crippen LogP contribution in [0.25, 0.3) is 0 Å². The first kappa shape index (κ1) is 10.4. The molecule has 0 radical (unpaired) electrons. The van der Waals surface area contributed by atoms with Gasteiger partial charge in [0.1, 0.15) is 0 Å². The Labute approximate surface area is 82.4 Å². The zero-order valence-corrected chi connectivity index (χ0v) is 8.20. The van der Waals surface area contributed by atoms with E-state index in [0.717, 1.165) is 16.7 Å². The fourth-order valence-corrected chi connectivity index (χ4v) is 1.43. The van der Waals surface area contributed by atoms with Crippen LogP contribution in [0.4, 0.5) is 0 Å². The highest BCUT2D eigenvalue weighted by atomic mass is 16.4. The lowest BCUT2D eigenvalue weighted by molar-refractivity contribution is -0.148. The Kier molecular flexibility index (Phi) is 3.02. The lowest BCUT2D eigenvalue weighted by atomic mass is 10.0. The predicted octanol–water partition coefficient (Wildman–Crippen LogP) is 1.50. The summed E-state index contributed by atoms with van der Waals surface area (Å²) in [6.45, 7) is 3.84. The van der Waals surface area contributed by atoms with Crippen molar-refractivity contribution in [3.63, 3.8) is 0 Å². The Bertz CT molecular complexity index is 360. The Morgan fingerprint density at radius 2 is 1.64 bits per heavy atom. The smallest absolute Gasteiger partial charge is 0.372 e. The van der Waals surface area contributed by atoms with Crippen LogP contribution in [-0.4, -0.2) is 16.9 Å². The van der Waals surface area contributed by atoms with Gasteiger partial charge in [-0.05, 0) is 19.4 Å². The molecule has 0 aliphatic rings. The van der Waals surface area contributed by atoms with Gasteiger partial charge in [-0.3, -0.25) is 4.79 Å². The average Bonchev–Trinajstić information content (AvgIpc) is 2.01. The first-order valence-corrected chi connectivity index (χ1v) is 4.32. The van der Waals surface area contributed by atoms with Gasteiger partial charge in [-0.1, -0.05) is 29.3 Å². The van der Waals surface area contributed by atoms with Crippen molar-refractivity contribution in [3.05, 3.63) is 34.9 Å². The minimum absolute atomic E-state index is 0.0299. The fraction of sp³-hybridized carbons (Fsp3) is 0.273. The van der Waals surface area contributed by atoms with Gasteiger partial charge in [0.15, 0.2) is 0 Å². The third kappa shape index (κ3) is 2.69. The molecule has 0 amide bonds. The summed E-state index contributed by atoms with van der Waals surface area (Å²) in [5.41, 5.74) is 2.84. The van der Waals surface area contributed by atoms with Gasteiger partial charge in [0, 0.05) is 6.42 Å². The van der Waals surface area contributed by atoms with E-state index < -0.39 is 11.8 Å². The molecule has 0 fully saturated rings. The van der Waals surface area contributed by atoms with Crippen molar-refractivity contribution >= 4 is 11.8 Å². The number of Topliss-reactive ketones (excluding diaryl/α,β-unsaturated/α-hetero) is 1. The van der Waals surface area contributed by atoms with Crippen molar-refractivity contribution in [2.24, 2.45) is 0 Å². The van der Waals surface area contributed by atoms with E-state index in [4.69, 9.17) is 5.11 Å². The van der Waals surface area contributed by atoms with Crippen LogP contribution in [-0.2, 0) is 16.0 Å². The highest BCUT2D eigenvalue weighted by molar-refractivity contribution is 6.33. The van der Waals surface area contributed by atoms with Crippen LogP contribution in [0.5, 0.6) is 0 Å². The molecular formula is C11H12O3. The molecule has 1 N–H and O–H groups in total. The first-order valence-electron chi connectivity index (χ1n) is 4.32.